The van der Waals surface area contributed by atoms with E-state index in [1.165, 1.54) is 11.1 Å². The highest BCUT2D eigenvalue weighted by molar-refractivity contribution is 6.31. The summed E-state index contributed by atoms with van der Waals surface area (Å²) in [6.45, 7) is 0.230. The summed E-state index contributed by atoms with van der Waals surface area (Å²) in [5.41, 5.74) is 4.18. The number of hydrogen-bond donors (Lipinski definition) is 0. The lowest BCUT2D eigenvalue weighted by Crippen LogP contribution is -2.31. The van der Waals surface area contributed by atoms with Gasteiger partial charge >= 0.3 is 0 Å². The maximum absolute atomic E-state index is 13.1. The lowest BCUT2D eigenvalue weighted by atomic mass is 10.1. The molecule has 1 aliphatic rings. The van der Waals surface area contributed by atoms with Gasteiger partial charge in [-0.2, -0.15) is 5.26 Å². The van der Waals surface area contributed by atoms with E-state index in [-0.39, 0.29) is 18.0 Å². The van der Waals surface area contributed by atoms with Gasteiger partial charge in [0.2, 0.25) is 0 Å². The first kappa shape index (κ1) is 19.0. The first-order valence-electron chi connectivity index (χ1n) is 9.57. The van der Waals surface area contributed by atoms with Crippen LogP contribution in [0.4, 0.5) is 0 Å². The molecule has 0 atom stereocenters. The van der Waals surface area contributed by atoms with Gasteiger partial charge in [0, 0.05) is 41.0 Å². The zero-order valence-electron chi connectivity index (χ0n) is 16.5. The molecule has 1 aliphatic heterocycles. The van der Waals surface area contributed by atoms with Crippen molar-refractivity contribution in [2.24, 2.45) is 7.05 Å². The van der Waals surface area contributed by atoms with Crippen LogP contribution >= 0.6 is 11.6 Å². The van der Waals surface area contributed by atoms with Crippen LogP contribution < -0.4 is 0 Å². The van der Waals surface area contributed by atoms with Gasteiger partial charge in [-0.1, -0.05) is 29.8 Å². The number of nitriles is 1. The largest absolute Gasteiger partial charge is 0.342 e. The van der Waals surface area contributed by atoms with Gasteiger partial charge in [-0.15, -0.1) is 0 Å². The van der Waals surface area contributed by atoms with E-state index in [0.717, 1.165) is 16.5 Å². The number of carbonyl (C=O) groups excluding carboxylic acids is 2. The molecule has 0 unspecified atom stereocenters. The van der Waals surface area contributed by atoms with Crippen molar-refractivity contribution in [3.8, 4) is 17.3 Å². The minimum absolute atomic E-state index is 0.230. The molecule has 0 fully saturated rings. The van der Waals surface area contributed by atoms with Crippen molar-refractivity contribution in [3.63, 3.8) is 0 Å². The lowest BCUT2D eigenvalue weighted by Gasteiger charge is -2.14. The number of hydrogen-bond acceptors (Lipinski definition) is 4. The second-order valence-corrected chi connectivity index (χ2v) is 7.81. The highest BCUT2D eigenvalue weighted by Gasteiger charge is 2.32. The SMILES string of the molecule is Cn1c(-c2cncc(C(=O)N3Cc4ccccc4C3=O)c2)c(C#N)c2ccc(Cl)cc21. The number of benzene rings is 2. The van der Waals surface area contributed by atoms with Gasteiger partial charge in [0.25, 0.3) is 11.8 Å². The molecule has 2 aromatic carbocycles. The van der Waals surface area contributed by atoms with E-state index in [9.17, 15) is 14.9 Å². The van der Waals surface area contributed by atoms with Gasteiger partial charge in [-0.25, -0.2) is 0 Å². The number of amides is 2. The van der Waals surface area contributed by atoms with E-state index >= 15 is 0 Å². The van der Waals surface area contributed by atoms with Crippen LogP contribution in [0.1, 0.15) is 31.8 Å². The molecule has 2 amide bonds. The molecule has 0 radical (unpaired) electrons. The quantitative estimate of drug-likeness (QED) is 0.440. The molecule has 0 N–H and O–H groups in total. The number of fused-ring (bicyclic) bond motifs is 2. The number of nitrogens with zero attached hydrogens (tertiary/aromatic N) is 4. The number of aromatic nitrogens is 2. The Morgan fingerprint density at radius 1 is 1.16 bits per heavy atom. The molecule has 0 aliphatic carbocycles. The maximum Gasteiger partial charge on any atom is 0.262 e. The van der Waals surface area contributed by atoms with Crippen molar-refractivity contribution in [2.75, 3.05) is 0 Å². The summed E-state index contributed by atoms with van der Waals surface area (Å²) in [5.74, 6) is -0.737. The van der Waals surface area contributed by atoms with Gasteiger partial charge < -0.3 is 4.57 Å². The molecule has 3 heterocycles. The molecular formula is C24H15ClN4O2. The Labute approximate surface area is 182 Å². The van der Waals surface area contributed by atoms with Crippen LogP contribution in [-0.2, 0) is 13.6 Å². The number of halogens is 1. The number of carbonyl (C=O) groups is 2. The first-order valence-corrected chi connectivity index (χ1v) is 9.95. The van der Waals surface area contributed by atoms with Crippen molar-refractivity contribution in [1.82, 2.24) is 14.5 Å². The predicted molar refractivity (Wildman–Crippen MR) is 117 cm³/mol. The van der Waals surface area contributed by atoms with Crippen molar-refractivity contribution in [2.45, 2.75) is 6.54 Å². The highest BCUT2D eigenvalue weighted by Crippen LogP contribution is 2.34. The second-order valence-electron chi connectivity index (χ2n) is 7.37. The number of imide groups is 1. The van der Waals surface area contributed by atoms with Gasteiger partial charge in [0.05, 0.1) is 28.9 Å². The van der Waals surface area contributed by atoms with E-state index in [2.05, 4.69) is 11.1 Å². The molecule has 2 aromatic heterocycles. The van der Waals surface area contributed by atoms with Crippen LogP contribution in [0.25, 0.3) is 22.2 Å². The van der Waals surface area contributed by atoms with Crippen LogP contribution in [0, 0.1) is 11.3 Å². The van der Waals surface area contributed by atoms with Gasteiger partial charge in [0.15, 0.2) is 0 Å². The molecule has 0 saturated carbocycles. The molecule has 5 rings (SSSR count). The van der Waals surface area contributed by atoms with E-state index in [0.29, 0.717) is 27.4 Å². The zero-order chi connectivity index (χ0) is 21.7. The van der Waals surface area contributed by atoms with Crippen LogP contribution in [-0.4, -0.2) is 26.3 Å². The summed E-state index contributed by atoms with van der Waals surface area (Å²) < 4.78 is 1.86. The van der Waals surface area contributed by atoms with Gasteiger partial charge in [-0.3, -0.25) is 19.5 Å². The maximum atomic E-state index is 13.1. The number of pyridine rings is 1. The first-order chi connectivity index (χ1) is 15.0. The Kier molecular flexibility index (Phi) is 4.35. The fourth-order valence-electron chi connectivity index (χ4n) is 4.12. The normalized spacial score (nSPS) is 12.8. The number of rotatable bonds is 2. The topological polar surface area (TPSA) is 79.0 Å². The van der Waals surface area contributed by atoms with Crippen LogP contribution in [0.15, 0.2) is 60.9 Å². The molecule has 4 aromatic rings. The molecule has 0 bridgehead atoms. The van der Waals surface area contributed by atoms with E-state index in [1.54, 1.807) is 36.5 Å². The molecular weight excluding hydrogens is 412 g/mol. The van der Waals surface area contributed by atoms with Crippen LogP contribution in [0.3, 0.4) is 0 Å². The monoisotopic (exact) mass is 426 g/mol. The fourth-order valence-corrected chi connectivity index (χ4v) is 4.29. The smallest absolute Gasteiger partial charge is 0.262 e. The van der Waals surface area contributed by atoms with Gasteiger partial charge in [-0.05, 0) is 35.9 Å². The third kappa shape index (κ3) is 2.90. The zero-order valence-corrected chi connectivity index (χ0v) is 17.2. The second kappa shape index (κ2) is 7.08. The lowest BCUT2D eigenvalue weighted by molar-refractivity contribution is 0.0630. The minimum atomic E-state index is -0.420. The van der Waals surface area contributed by atoms with Crippen LogP contribution in [0.2, 0.25) is 5.02 Å². The summed E-state index contributed by atoms with van der Waals surface area (Å²) in [6, 6.07) is 16.5. The van der Waals surface area contributed by atoms with E-state index < -0.39 is 5.91 Å². The van der Waals surface area contributed by atoms with Crippen molar-refractivity contribution in [3.05, 3.63) is 88.2 Å². The highest BCUT2D eigenvalue weighted by atomic mass is 35.5. The molecule has 6 nitrogen and oxygen atoms in total. The van der Waals surface area contributed by atoms with Crippen LogP contribution in [0.5, 0.6) is 0 Å². The van der Waals surface area contributed by atoms with E-state index in [1.807, 2.05) is 29.8 Å². The third-order valence-electron chi connectivity index (χ3n) is 5.60. The Morgan fingerprint density at radius 3 is 2.74 bits per heavy atom. The summed E-state index contributed by atoms with van der Waals surface area (Å²) >= 11 is 6.14. The summed E-state index contributed by atoms with van der Waals surface area (Å²) in [5, 5.41) is 11.1. The average Bonchev–Trinajstić information content (AvgIpc) is 3.27. The fraction of sp³-hybridized carbons (Fsp3) is 0.0833. The Morgan fingerprint density at radius 2 is 1.97 bits per heavy atom. The molecule has 150 valence electrons. The predicted octanol–water partition coefficient (Wildman–Crippen LogP) is 4.56. The molecule has 0 spiro atoms. The summed E-state index contributed by atoms with van der Waals surface area (Å²) in [4.78, 5) is 31.3. The summed E-state index contributed by atoms with van der Waals surface area (Å²) in [7, 11) is 1.84. The van der Waals surface area contributed by atoms with Crippen molar-refractivity contribution >= 4 is 34.3 Å². The van der Waals surface area contributed by atoms with E-state index in [4.69, 9.17) is 11.6 Å². The molecule has 31 heavy (non-hydrogen) atoms. The molecule has 7 heteroatoms. The number of aryl methyl sites for hydroxylation is 1. The average molecular weight is 427 g/mol. The minimum Gasteiger partial charge on any atom is -0.342 e. The Hall–Kier alpha value is -3.95. The third-order valence-corrected chi connectivity index (χ3v) is 5.83. The van der Waals surface area contributed by atoms with Gasteiger partial charge in [0.1, 0.15) is 6.07 Å². The molecule has 0 saturated heterocycles. The summed E-state index contributed by atoms with van der Waals surface area (Å²) in [6.07, 6.45) is 3.04. The van der Waals surface area contributed by atoms with Crippen molar-refractivity contribution in [1.29, 1.82) is 5.26 Å². The van der Waals surface area contributed by atoms with Crippen molar-refractivity contribution < 1.29 is 9.59 Å². The standard InChI is InChI=1S/C24H15ClN4O2/c1-28-21-9-17(25)6-7-19(21)20(10-26)22(28)15-8-16(12-27-11-15)23(30)29-13-14-4-2-3-5-18(14)24(29)31/h2-9,11-12H,13H2,1H3. The Balaban J connectivity index is 1.58. The Bertz CT molecular complexity index is 1450.